The maximum atomic E-state index is 14.7. The summed E-state index contributed by atoms with van der Waals surface area (Å²) >= 11 is 4.90. The summed E-state index contributed by atoms with van der Waals surface area (Å²) in [6.45, 7) is 12.9. The lowest BCUT2D eigenvalue weighted by Gasteiger charge is -2.38. The lowest BCUT2D eigenvalue weighted by Crippen LogP contribution is -2.46. The van der Waals surface area contributed by atoms with Crippen LogP contribution in [0.4, 0.5) is 5.69 Å². The molecule has 0 radical (unpaired) electrons. The van der Waals surface area contributed by atoms with Crippen LogP contribution in [0.3, 0.4) is 0 Å². The van der Waals surface area contributed by atoms with Crippen LogP contribution in [0.5, 0.6) is 5.75 Å². The van der Waals surface area contributed by atoms with Gasteiger partial charge in [-0.3, -0.25) is 19.2 Å². The Labute approximate surface area is 371 Å². The van der Waals surface area contributed by atoms with E-state index in [2.05, 4.69) is 21.2 Å². The number of allylic oxidation sites excluding steroid dienone is 2. The number of aromatic nitrogens is 1. The van der Waals surface area contributed by atoms with E-state index in [9.17, 15) is 39.6 Å². The normalized spacial score (nSPS) is 30.8. The van der Waals surface area contributed by atoms with E-state index in [-0.39, 0.29) is 55.8 Å². The van der Waals surface area contributed by atoms with Crippen LogP contribution in [-0.4, -0.2) is 87.1 Å². The number of aromatic hydroxyl groups is 1. The fraction of sp³-hybridized carbons (Fsp3) is 0.457. The number of thioether (sulfide) groups is 1. The van der Waals surface area contributed by atoms with Gasteiger partial charge in [-0.15, -0.1) is 11.8 Å². The highest BCUT2D eigenvalue weighted by molar-refractivity contribution is 9.10. The number of fused-ring (bicyclic) bond motifs is 7. The zero-order valence-electron chi connectivity index (χ0n) is 36.2. The number of aliphatic hydroxyl groups excluding tert-OH is 3. The van der Waals surface area contributed by atoms with Crippen molar-refractivity contribution in [1.29, 1.82) is 0 Å². The van der Waals surface area contributed by atoms with Crippen LogP contribution < -0.4 is 10.7 Å². The highest BCUT2D eigenvalue weighted by atomic mass is 79.9. The number of benzene rings is 3. The summed E-state index contributed by atoms with van der Waals surface area (Å²) in [5, 5.41) is 49.1. The molecular weight excluding hydrogens is 884 g/mol. The average molecular weight is 938 g/mol. The molecule has 2 aromatic rings. The number of ketones is 1. The van der Waals surface area contributed by atoms with Crippen LogP contribution in [0.15, 0.2) is 66.9 Å². The van der Waals surface area contributed by atoms with E-state index in [0.29, 0.717) is 14.9 Å². The van der Waals surface area contributed by atoms with Crippen molar-refractivity contribution in [3.8, 4) is 17.2 Å². The second-order valence-electron chi connectivity index (χ2n) is 16.5. The van der Waals surface area contributed by atoms with Gasteiger partial charge in [-0.1, -0.05) is 68.8 Å². The number of amides is 1. The van der Waals surface area contributed by atoms with Crippen molar-refractivity contribution in [2.24, 2.45) is 29.6 Å². The Morgan fingerprint density at radius 2 is 1.66 bits per heavy atom. The zero-order valence-corrected chi connectivity index (χ0v) is 38.6. The minimum absolute atomic E-state index is 0.00685. The van der Waals surface area contributed by atoms with E-state index in [1.807, 2.05) is 12.3 Å². The number of anilines is 1. The number of methoxy groups -OCH3 is 1. The number of ether oxygens (including phenoxy) is 3. The molecule has 2 aromatic carbocycles. The third kappa shape index (κ3) is 8.44. The monoisotopic (exact) mass is 936 g/mol. The number of rotatable bonds is 3. The molecule has 11 atom stereocenters. The number of esters is 1. The number of nitrogens with one attached hydrogen (secondary N) is 1. The van der Waals surface area contributed by atoms with Crippen molar-refractivity contribution in [2.45, 2.75) is 96.9 Å². The van der Waals surface area contributed by atoms with Crippen molar-refractivity contribution in [2.75, 3.05) is 18.7 Å². The van der Waals surface area contributed by atoms with Gasteiger partial charge in [0.25, 0.3) is 5.91 Å². The summed E-state index contributed by atoms with van der Waals surface area (Å²) in [4.78, 5) is 61.2. The molecule has 0 saturated carbocycles. The minimum atomic E-state index is -1.66. The fourth-order valence-electron chi connectivity index (χ4n) is 8.90. The molecule has 16 heteroatoms. The van der Waals surface area contributed by atoms with Crippen molar-refractivity contribution in [1.82, 2.24) is 4.98 Å². The summed E-state index contributed by atoms with van der Waals surface area (Å²) in [6, 6.07) is 3.51. The maximum absolute atomic E-state index is 14.7. The third-order valence-electron chi connectivity index (χ3n) is 12.5. The largest absolute Gasteiger partial charge is 0.507 e. The predicted octanol–water partition coefficient (Wildman–Crippen LogP) is 7.38. The number of halogens is 1. The molecule has 332 valence electrons. The first kappa shape index (κ1) is 46.9. The Morgan fingerprint density at radius 3 is 2.31 bits per heavy atom. The number of phenols is 1. The smallest absolute Gasteiger partial charge is 0.302 e. The Hall–Kier alpha value is -4.58. The van der Waals surface area contributed by atoms with Crippen molar-refractivity contribution in [3.05, 3.63) is 79.7 Å². The Bertz CT molecular complexity index is 2550. The van der Waals surface area contributed by atoms with Crippen LogP contribution in [0.1, 0.15) is 75.9 Å². The van der Waals surface area contributed by atoms with E-state index < -0.39 is 95.1 Å². The number of aliphatic hydroxyl groups is 3. The van der Waals surface area contributed by atoms with E-state index >= 15 is 0 Å². The molecule has 4 aliphatic rings. The molecule has 3 bridgehead atoms. The van der Waals surface area contributed by atoms with Gasteiger partial charge in [0, 0.05) is 69.5 Å². The fourth-order valence-corrected chi connectivity index (χ4v) is 10.1. The van der Waals surface area contributed by atoms with Gasteiger partial charge in [0.1, 0.15) is 28.8 Å². The second-order valence-corrected chi connectivity index (χ2v) is 18.2. The standard InChI is InChI=1S/C46H53BrN2O12S/c1-18-12-11-13-19(2)45(56)49-37-42(55)34-32(36-44(37)61-28-16-26(47)17-29(62-10)35(28)48-36)33-30(21(4)41(34)54)31(22(5)40(33)53)46(57)59-15-14-27(58-9)20(3)43(60-25(8)50)24(7)39(52)23(6)38(18)51/h11-18,20,22-24,27,31,38-39,43,46,51-52,54,57H,1-10H3,(H,49,56)/b12-11+,15-14+,19-13-/t18-,20+,22+,23+,24+,27-,31?,38-,39+,43+,46+/m0/s1. The van der Waals surface area contributed by atoms with Gasteiger partial charge < -0.3 is 44.4 Å². The van der Waals surface area contributed by atoms with Gasteiger partial charge in [0.05, 0.1) is 35.9 Å². The molecule has 2 heterocycles. The average Bonchev–Trinajstić information content (AvgIpc) is 3.50. The summed E-state index contributed by atoms with van der Waals surface area (Å²) in [5.41, 5.74) is 0.199. The number of carbonyl (C=O) groups excluding carboxylic acids is 3. The lowest BCUT2D eigenvalue weighted by atomic mass is 9.78. The first-order valence-corrected chi connectivity index (χ1v) is 22.4. The second kappa shape index (κ2) is 18.6. The Morgan fingerprint density at radius 1 is 0.968 bits per heavy atom. The maximum Gasteiger partial charge on any atom is 0.302 e. The predicted molar refractivity (Wildman–Crippen MR) is 239 cm³/mol. The van der Waals surface area contributed by atoms with Crippen molar-refractivity contribution >= 4 is 72.9 Å². The van der Waals surface area contributed by atoms with Crippen LogP contribution >= 0.6 is 27.7 Å². The third-order valence-corrected chi connectivity index (χ3v) is 13.7. The van der Waals surface area contributed by atoms with Crippen LogP contribution in [0, 0.1) is 36.5 Å². The van der Waals surface area contributed by atoms with E-state index in [4.69, 9.17) is 23.6 Å². The highest BCUT2D eigenvalue weighted by Crippen LogP contribution is 2.51. The molecule has 5 N–H and O–H groups in total. The summed E-state index contributed by atoms with van der Waals surface area (Å²) < 4.78 is 24.5. The Balaban J connectivity index is 1.61. The molecule has 62 heavy (non-hydrogen) atoms. The summed E-state index contributed by atoms with van der Waals surface area (Å²) in [7, 11) is 1.44. The summed E-state index contributed by atoms with van der Waals surface area (Å²) in [5.74, 6) is -6.77. The van der Waals surface area contributed by atoms with Crippen molar-refractivity contribution < 1.29 is 53.4 Å². The zero-order chi connectivity index (χ0) is 45.6. The molecule has 0 spiro atoms. The molecule has 14 nitrogen and oxygen atoms in total. The van der Waals surface area contributed by atoms with Gasteiger partial charge in [-0.25, -0.2) is 4.98 Å². The molecule has 2 aliphatic heterocycles. The molecule has 1 amide bonds. The number of hydrogen-bond donors (Lipinski definition) is 5. The molecule has 6 rings (SSSR count). The van der Waals surface area contributed by atoms with Crippen LogP contribution in [0.2, 0.25) is 0 Å². The molecule has 1 unspecified atom stereocenters. The van der Waals surface area contributed by atoms with E-state index in [1.165, 1.54) is 58.1 Å². The van der Waals surface area contributed by atoms with Gasteiger partial charge in [0.2, 0.25) is 11.7 Å². The summed E-state index contributed by atoms with van der Waals surface area (Å²) in [6.07, 6.45) is 3.82. The molecule has 2 aliphatic carbocycles. The number of carbonyl (C=O) groups is 3. The van der Waals surface area contributed by atoms with Gasteiger partial charge in [-0.05, 0) is 49.4 Å². The highest BCUT2D eigenvalue weighted by Gasteiger charge is 2.47. The molecule has 0 aromatic heterocycles. The molecular formula is C46H53BrN2O12S. The van der Waals surface area contributed by atoms with E-state index in [1.54, 1.807) is 52.8 Å². The number of Topliss-reactive ketones (excluding diaryl/α,β-unsaturated/α-hetero) is 1. The first-order chi connectivity index (χ1) is 29.2. The van der Waals surface area contributed by atoms with Crippen LogP contribution in [0.25, 0.3) is 33.3 Å². The lowest BCUT2D eigenvalue weighted by molar-refractivity contribution is -0.160. The van der Waals surface area contributed by atoms with Gasteiger partial charge >= 0.3 is 5.97 Å². The topological polar surface area (TPSA) is 215 Å². The quantitative estimate of drug-likeness (QED) is 0.0587. The number of phenolic OH excluding ortho intramolecular Hbond substituents is 1. The first-order valence-electron chi connectivity index (χ1n) is 20.4. The SMILES string of the molecule is CO[C@H]1/C=C/O[C@@H](O)C2c3c(C)c(O)c4c(=O)c(c5oc6cc(Br)cc(SC)c6nc-5c4c3C(=O)[C@@H]2C)NC(=O)/C(C)=C\C=C\[C@H](C)[C@H](O)[C@@H](C)[C@@H](O)[C@@H](C)[C@H](OC(C)=O)[C@@H]1C. The number of nitrogens with zero attached hydrogens (tertiary/aromatic N) is 1. The molecule has 0 fully saturated rings. The molecule has 0 saturated heterocycles. The van der Waals surface area contributed by atoms with Crippen LogP contribution in [-0.2, 0) is 23.8 Å². The van der Waals surface area contributed by atoms with Gasteiger partial charge in [0.15, 0.2) is 17.1 Å². The Kier molecular flexibility index (Phi) is 14.1. The van der Waals surface area contributed by atoms with Gasteiger partial charge in [-0.2, -0.15) is 0 Å². The minimum Gasteiger partial charge on any atom is -0.507 e. The van der Waals surface area contributed by atoms with E-state index in [0.717, 1.165) is 0 Å². The van der Waals surface area contributed by atoms with Crippen molar-refractivity contribution in [3.63, 3.8) is 0 Å². The number of hydrogen-bond acceptors (Lipinski definition) is 14.